The molecule has 1 aromatic heterocycles. The number of benzene rings is 1. The van der Waals surface area contributed by atoms with Crippen molar-refractivity contribution in [3.05, 3.63) is 54.4 Å². The SMILES string of the molecule is Cc1ccccc1-c1c[c-]ncc1.[Li+]. The van der Waals surface area contributed by atoms with Gasteiger partial charge in [-0.1, -0.05) is 47.8 Å². The summed E-state index contributed by atoms with van der Waals surface area (Å²) in [4.78, 5) is 3.88. The standard InChI is InChI=1S/C12H10N.Li/c1-10-4-2-3-5-12(10)11-6-8-13-9-7-11;/h2-8H,1H3;/q-1;+1. The Morgan fingerprint density at radius 1 is 1.14 bits per heavy atom. The van der Waals surface area contributed by atoms with E-state index in [1.807, 2.05) is 24.3 Å². The van der Waals surface area contributed by atoms with Crippen molar-refractivity contribution < 1.29 is 18.9 Å². The van der Waals surface area contributed by atoms with Gasteiger partial charge in [-0.2, -0.15) is 6.07 Å². The number of aromatic nitrogens is 1. The van der Waals surface area contributed by atoms with Gasteiger partial charge in [0.15, 0.2) is 0 Å². The Labute approximate surface area is 96.4 Å². The van der Waals surface area contributed by atoms with E-state index in [-0.39, 0.29) is 18.9 Å². The third-order valence-electron chi connectivity index (χ3n) is 2.08. The van der Waals surface area contributed by atoms with Crippen molar-refractivity contribution in [2.24, 2.45) is 0 Å². The average Bonchev–Trinajstić information content (AvgIpc) is 2.20. The predicted octanol–water partition coefficient (Wildman–Crippen LogP) is -0.139. The molecular formula is C12H10LiN. The smallest absolute Gasteiger partial charge is 0.394 e. The molecule has 0 spiro atoms. The topological polar surface area (TPSA) is 12.9 Å². The van der Waals surface area contributed by atoms with Crippen LogP contribution in [0.5, 0.6) is 0 Å². The van der Waals surface area contributed by atoms with Crippen molar-refractivity contribution >= 4 is 0 Å². The van der Waals surface area contributed by atoms with Crippen LogP contribution in [0.25, 0.3) is 11.1 Å². The molecule has 1 aromatic carbocycles. The summed E-state index contributed by atoms with van der Waals surface area (Å²) in [6.07, 6.45) is 4.60. The summed E-state index contributed by atoms with van der Waals surface area (Å²) in [7, 11) is 0. The number of hydrogen-bond donors (Lipinski definition) is 0. The van der Waals surface area contributed by atoms with Crippen LogP contribution in [0, 0.1) is 13.1 Å². The molecule has 0 aliphatic rings. The zero-order valence-electron chi connectivity index (χ0n) is 8.49. The molecule has 14 heavy (non-hydrogen) atoms. The van der Waals surface area contributed by atoms with Crippen LogP contribution in [0.15, 0.2) is 42.6 Å². The molecule has 0 saturated carbocycles. The molecule has 0 amide bonds. The molecule has 0 saturated heterocycles. The van der Waals surface area contributed by atoms with E-state index in [0.717, 1.165) is 0 Å². The van der Waals surface area contributed by atoms with E-state index in [1.54, 1.807) is 6.20 Å². The second-order valence-electron chi connectivity index (χ2n) is 2.99. The maximum Gasteiger partial charge on any atom is 1.00 e. The van der Waals surface area contributed by atoms with Gasteiger partial charge in [-0.25, -0.2) is 0 Å². The number of pyridine rings is 1. The summed E-state index contributed by atoms with van der Waals surface area (Å²) in [5.41, 5.74) is 3.70. The van der Waals surface area contributed by atoms with E-state index in [9.17, 15) is 0 Å². The van der Waals surface area contributed by atoms with Crippen LogP contribution in [0.2, 0.25) is 0 Å². The normalized spacial score (nSPS) is 9.21. The van der Waals surface area contributed by atoms with E-state index < -0.39 is 0 Å². The van der Waals surface area contributed by atoms with Gasteiger partial charge in [-0.15, -0.1) is 11.6 Å². The quantitative estimate of drug-likeness (QED) is 0.434. The first-order chi connectivity index (χ1) is 6.38. The summed E-state index contributed by atoms with van der Waals surface area (Å²) in [6, 6.07) is 12.2. The van der Waals surface area contributed by atoms with Gasteiger partial charge in [0.25, 0.3) is 0 Å². The monoisotopic (exact) mass is 175 g/mol. The molecule has 0 unspecified atom stereocenters. The van der Waals surface area contributed by atoms with E-state index >= 15 is 0 Å². The van der Waals surface area contributed by atoms with Crippen molar-refractivity contribution in [3.63, 3.8) is 0 Å². The van der Waals surface area contributed by atoms with Gasteiger partial charge in [0.2, 0.25) is 0 Å². The Hall–Kier alpha value is -1.03. The van der Waals surface area contributed by atoms with Gasteiger partial charge in [0.05, 0.1) is 0 Å². The van der Waals surface area contributed by atoms with Gasteiger partial charge in [-0.05, 0) is 6.92 Å². The molecule has 2 heteroatoms. The summed E-state index contributed by atoms with van der Waals surface area (Å²) < 4.78 is 0. The van der Waals surface area contributed by atoms with Gasteiger partial charge in [0, 0.05) is 0 Å². The molecule has 2 aromatic rings. The van der Waals surface area contributed by atoms with E-state index in [0.29, 0.717) is 0 Å². The number of nitrogens with zero attached hydrogens (tertiary/aromatic N) is 1. The van der Waals surface area contributed by atoms with Crippen LogP contribution >= 0.6 is 0 Å². The van der Waals surface area contributed by atoms with E-state index in [1.165, 1.54) is 16.7 Å². The molecule has 2 rings (SSSR count). The fourth-order valence-corrected chi connectivity index (χ4v) is 1.38. The third-order valence-corrected chi connectivity index (χ3v) is 2.08. The van der Waals surface area contributed by atoms with Crippen molar-refractivity contribution in [3.8, 4) is 11.1 Å². The van der Waals surface area contributed by atoms with Gasteiger partial charge < -0.3 is 4.98 Å². The number of hydrogen-bond acceptors (Lipinski definition) is 1. The zero-order valence-corrected chi connectivity index (χ0v) is 8.49. The molecular weight excluding hydrogens is 165 g/mol. The van der Waals surface area contributed by atoms with Crippen LogP contribution in [0.1, 0.15) is 5.56 Å². The molecule has 64 valence electrons. The third kappa shape index (κ3) is 2.26. The minimum Gasteiger partial charge on any atom is -0.394 e. The summed E-state index contributed by atoms with van der Waals surface area (Å²) in [6.45, 7) is 2.11. The van der Waals surface area contributed by atoms with Gasteiger partial charge >= 0.3 is 18.9 Å². The first kappa shape index (κ1) is 11.0. The number of aryl methyl sites for hydroxylation is 1. The molecule has 0 radical (unpaired) electrons. The van der Waals surface area contributed by atoms with Crippen molar-refractivity contribution in [2.45, 2.75) is 6.92 Å². The molecule has 0 N–H and O–H groups in total. The summed E-state index contributed by atoms with van der Waals surface area (Å²) in [5, 5.41) is 0. The maximum absolute atomic E-state index is 3.88. The fraction of sp³-hybridized carbons (Fsp3) is 0.0833. The Bertz CT molecular complexity index is 398. The van der Waals surface area contributed by atoms with Crippen LogP contribution in [-0.4, -0.2) is 4.98 Å². The minimum absolute atomic E-state index is 0. The van der Waals surface area contributed by atoms with Crippen LogP contribution in [0.3, 0.4) is 0 Å². The van der Waals surface area contributed by atoms with E-state index in [4.69, 9.17) is 0 Å². The molecule has 0 aliphatic heterocycles. The largest absolute Gasteiger partial charge is 1.00 e. The second kappa shape index (κ2) is 5.00. The van der Waals surface area contributed by atoms with Gasteiger partial charge in [-0.3, -0.25) is 0 Å². The molecule has 0 atom stereocenters. The van der Waals surface area contributed by atoms with Crippen molar-refractivity contribution in [1.82, 2.24) is 4.98 Å². The fourth-order valence-electron chi connectivity index (χ4n) is 1.38. The van der Waals surface area contributed by atoms with Crippen molar-refractivity contribution in [1.29, 1.82) is 0 Å². The minimum atomic E-state index is 0. The van der Waals surface area contributed by atoms with E-state index in [2.05, 4.69) is 30.2 Å². The first-order valence-electron chi connectivity index (χ1n) is 4.26. The summed E-state index contributed by atoms with van der Waals surface area (Å²) in [5.74, 6) is 0. The second-order valence-corrected chi connectivity index (χ2v) is 2.99. The molecule has 0 bridgehead atoms. The average molecular weight is 175 g/mol. The Kier molecular flexibility index (Phi) is 3.94. The first-order valence-corrected chi connectivity index (χ1v) is 4.26. The zero-order chi connectivity index (χ0) is 9.10. The molecule has 0 fully saturated rings. The Morgan fingerprint density at radius 3 is 2.57 bits per heavy atom. The molecule has 1 heterocycles. The van der Waals surface area contributed by atoms with Crippen LogP contribution in [0.4, 0.5) is 0 Å². The maximum atomic E-state index is 3.88. The van der Waals surface area contributed by atoms with Crippen molar-refractivity contribution in [2.75, 3.05) is 0 Å². The molecule has 0 aliphatic carbocycles. The summed E-state index contributed by atoms with van der Waals surface area (Å²) >= 11 is 0. The molecule has 1 nitrogen and oxygen atoms in total. The van der Waals surface area contributed by atoms with Crippen LogP contribution in [-0.2, 0) is 0 Å². The van der Waals surface area contributed by atoms with Crippen LogP contribution < -0.4 is 18.9 Å². The Morgan fingerprint density at radius 2 is 1.93 bits per heavy atom. The Balaban J connectivity index is 0.000000980. The number of rotatable bonds is 1. The van der Waals surface area contributed by atoms with Gasteiger partial charge in [0.1, 0.15) is 0 Å². The predicted molar refractivity (Wildman–Crippen MR) is 53.2 cm³/mol.